The van der Waals surface area contributed by atoms with Gasteiger partial charge in [-0.15, -0.1) is 0 Å². The zero-order valence-corrected chi connectivity index (χ0v) is 10.3. The Morgan fingerprint density at radius 3 is 2.47 bits per heavy atom. The predicted molar refractivity (Wildman–Crippen MR) is 62.4 cm³/mol. The summed E-state index contributed by atoms with van der Waals surface area (Å²) in [6.07, 6.45) is 1.31. The minimum Gasteiger partial charge on any atom is -0.478 e. The van der Waals surface area contributed by atoms with E-state index in [4.69, 9.17) is 9.84 Å². The van der Waals surface area contributed by atoms with Gasteiger partial charge in [-0.05, 0) is 25.8 Å². The highest BCUT2D eigenvalue weighted by atomic mass is 16.5. The maximum absolute atomic E-state index is 11.7. The molecule has 1 heterocycles. The summed E-state index contributed by atoms with van der Waals surface area (Å²) in [6, 6.07) is 0. The Morgan fingerprint density at radius 1 is 1.35 bits per heavy atom. The Morgan fingerprint density at radius 2 is 2.00 bits per heavy atom. The van der Waals surface area contributed by atoms with E-state index in [-0.39, 0.29) is 17.9 Å². The molecule has 0 aliphatic carbocycles. The van der Waals surface area contributed by atoms with Crippen molar-refractivity contribution in [3.63, 3.8) is 0 Å². The lowest BCUT2D eigenvalue weighted by atomic mass is 10.0. The van der Waals surface area contributed by atoms with Crippen LogP contribution < -0.4 is 0 Å². The fourth-order valence-electron chi connectivity index (χ4n) is 1.84. The van der Waals surface area contributed by atoms with Crippen molar-refractivity contribution in [2.24, 2.45) is 0 Å². The molecule has 94 valence electrons. The molecule has 0 unspecified atom stereocenters. The number of esters is 1. The number of ether oxygens (including phenoxy) is 1. The number of nitrogens with one attached hydrogen (secondary N) is 1. The molecular formula is C12H17NO4. The molecule has 0 bridgehead atoms. The van der Waals surface area contributed by atoms with Crippen LogP contribution in [0.4, 0.5) is 0 Å². The van der Waals surface area contributed by atoms with E-state index in [9.17, 15) is 9.59 Å². The lowest BCUT2D eigenvalue weighted by Crippen LogP contribution is -2.09. The summed E-state index contributed by atoms with van der Waals surface area (Å²) in [4.78, 5) is 25.6. The van der Waals surface area contributed by atoms with Crippen molar-refractivity contribution in [1.82, 2.24) is 4.98 Å². The van der Waals surface area contributed by atoms with Gasteiger partial charge in [0, 0.05) is 5.69 Å². The number of rotatable bonds is 5. The Balaban J connectivity index is 3.25. The molecule has 0 aliphatic rings. The van der Waals surface area contributed by atoms with Crippen molar-refractivity contribution < 1.29 is 19.4 Å². The molecule has 1 rings (SSSR count). The molecule has 0 saturated carbocycles. The number of H-pyrrole nitrogens is 1. The number of aromatic amines is 1. The number of hydrogen-bond acceptors (Lipinski definition) is 3. The molecule has 1 aromatic heterocycles. The molecule has 2 N–H and O–H groups in total. The van der Waals surface area contributed by atoms with Gasteiger partial charge in [0.15, 0.2) is 0 Å². The number of aromatic carboxylic acids is 1. The summed E-state index contributed by atoms with van der Waals surface area (Å²) in [5, 5.41) is 9.13. The molecule has 0 saturated heterocycles. The molecule has 1 aromatic rings. The van der Waals surface area contributed by atoms with Gasteiger partial charge in [0.05, 0.1) is 12.2 Å². The SMILES string of the molecule is CCCc1c(C(=O)OCC)[nH]c(C)c1C(=O)O. The molecule has 5 nitrogen and oxygen atoms in total. The zero-order chi connectivity index (χ0) is 13.0. The smallest absolute Gasteiger partial charge is 0.355 e. The maximum atomic E-state index is 11.7. The molecular weight excluding hydrogens is 222 g/mol. The average Bonchev–Trinajstić information content (AvgIpc) is 2.56. The second-order valence-corrected chi connectivity index (χ2v) is 3.75. The number of carboxylic acid groups (broad SMARTS) is 1. The second-order valence-electron chi connectivity index (χ2n) is 3.75. The van der Waals surface area contributed by atoms with E-state index < -0.39 is 11.9 Å². The van der Waals surface area contributed by atoms with Gasteiger partial charge in [-0.3, -0.25) is 0 Å². The van der Waals surface area contributed by atoms with Crippen LogP contribution in [-0.4, -0.2) is 28.6 Å². The average molecular weight is 239 g/mol. The van der Waals surface area contributed by atoms with Crippen LogP contribution >= 0.6 is 0 Å². The summed E-state index contributed by atoms with van der Waals surface area (Å²) in [5.74, 6) is -1.51. The highest BCUT2D eigenvalue weighted by Crippen LogP contribution is 2.21. The van der Waals surface area contributed by atoms with Gasteiger partial charge >= 0.3 is 11.9 Å². The van der Waals surface area contributed by atoms with Gasteiger partial charge < -0.3 is 14.8 Å². The van der Waals surface area contributed by atoms with Crippen LogP contribution in [0.15, 0.2) is 0 Å². The molecule has 0 radical (unpaired) electrons. The summed E-state index contributed by atoms with van der Waals surface area (Å²) >= 11 is 0. The Kier molecular flexibility index (Phi) is 4.31. The van der Waals surface area contributed by atoms with Gasteiger partial charge in [-0.1, -0.05) is 13.3 Å². The second kappa shape index (κ2) is 5.52. The van der Waals surface area contributed by atoms with Crippen molar-refractivity contribution in [2.45, 2.75) is 33.6 Å². The Labute approximate surface area is 99.8 Å². The van der Waals surface area contributed by atoms with Crippen LogP contribution in [-0.2, 0) is 11.2 Å². The van der Waals surface area contributed by atoms with Crippen molar-refractivity contribution in [3.8, 4) is 0 Å². The number of carbonyl (C=O) groups is 2. The van der Waals surface area contributed by atoms with Crippen LogP contribution in [0.1, 0.15) is 52.4 Å². The number of aryl methyl sites for hydroxylation is 1. The maximum Gasteiger partial charge on any atom is 0.355 e. The molecule has 0 atom stereocenters. The number of carboxylic acids is 1. The predicted octanol–water partition coefficient (Wildman–Crippen LogP) is 2.15. The fraction of sp³-hybridized carbons (Fsp3) is 0.500. The van der Waals surface area contributed by atoms with E-state index in [1.165, 1.54) is 0 Å². The van der Waals surface area contributed by atoms with Crippen LogP contribution in [0, 0.1) is 6.92 Å². The highest BCUT2D eigenvalue weighted by molar-refractivity contribution is 5.97. The fourth-order valence-corrected chi connectivity index (χ4v) is 1.84. The summed E-state index contributed by atoms with van der Waals surface area (Å²) < 4.78 is 4.90. The lowest BCUT2D eigenvalue weighted by Gasteiger charge is -2.03. The molecule has 0 spiro atoms. The third-order valence-electron chi connectivity index (χ3n) is 2.48. The largest absolute Gasteiger partial charge is 0.478 e. The van der Waals surface area contributed by atoms with Gasteiger partial charge in [0.2, 0.25) is 0 Å². The number of aromatic nitrogens is 1. The van der Waals surface area contributed by atoms with E-state index in [1.54, 1.807) is 13.8 Å². The summed E-state index contributed by atoms with van der Waals surface area (Å²) in [6.45, 7) is 5.56. The Bertz CT molecular complexity index is 434. The van der Waals surface area contributed by atoms with E-state index >= 15 is 0 Å². The lowest BCUT2D eigenvalue weighted by molar-refractivity contribution is 0.0518. The first-order valence-corrected chi connectivity index (χ1v) is 5.64. The first-order chi connectivity index (χ1) is 8.02. The topological polar surface area (TPSA) is 79.4 Å². The third kappa shape index (κ3) is 2.67. The van der Waals surface area contributed by atoms with Gasteiger partial charge in [0.1, 0.15) is 5.69 Å². The molecule has 0 fully saturated rings. The van der Waals surface area contributed by atoms with Crippen LogP contribution in [0.3, 0.4) is 0 Å². The molecule has 0 aliphatic heterocycles. The van der Waals surface area contributed by atoms with Gasteiger partial charge in [-0.2, -0.15) is 0 Å². The van der Waals surface area contributed by atoms with E-state index in [0.29, 0.717) is 17.7 Å². The first-order valence-electron chi connectivity index (χ1n) is 5.64. The molecule has 5 heteroatoms. The monoisotopic (exact) mass is 239 g/mol. The zero-order valence-electron chi connectivity index (χ0n) is 10.3. The van der Waals surface area contributed by atoms with Crippen LogP contribution in [0.25, 0.3) is 0 Å². The number of carbonyl (C=O) groups excluding carboxylic acids is 1. The molecule has 17 heavy (non-hydrogen) atoms. The molecule has 0 amide bonds. The molecule has 0 aromatic carbocycles. The van der Waals surface area contributed by atoms with Crippen molar-refractivity contribution in [3.05, 3.63) is 22.5 Å². The normalized spacial score (nSPS) is 10.3. The summed E-state index contributed by atoms with van der Waals surface area (Å²) in [5.41, 5.74) is 1.48. The van der Waals surface area contributed by atoms with Crippen LogP contribution in [0.2, 0.25) is 0 Å². The first kappa shape index (κ1) is 13.3. The van der Waals surface area contributed by atoms with Crippen molar-refractivity contribution >= 4 is 11.9 Å². The highest BCUT2D eigenvalue weighted by Gasteiger charge is 2.24. The van der Waals surface area contributed by atoms with E-state index in [2.05, 4.69) is 4.98 Å². The van der Waals surface area contributed by atoms with E-state index in [0.717, 1.165) is 6.42 Å². The minimum absolute atomic E-state index is 0.190. The van der Waals surface area contributed by atoms with E-state index in [1.807, 2.05) is 6.92 Å². The standard InChI is InChI=1S/C12H17NO4/c1-4-6-8-9(11(14)15)7(3)13-10(8)12(16)17-5-2/h13H,4-6H2,1-3H3,(H,14,15). The van der Waals surface area contributed by atoms with Crippen molar-refractivity contribution in [2.75, 3.05) is 6.61 Å². The van der Waals surface area contributed by atoms with Crippen LogP contribution in [0.5, 0.6) is 0 Å². The van der Waals surface area contributed by atoms with Crippen molar-refractivity contribution in [1.29, 1.82) is 0 Å². The van der Waals surface area contributed by atoms with Gasteiger partial charge in [0.25, 0.3) is 0 Å². The quantitative estimate of drug-likeness (QED) is 0.771. The number of hydrogen-bond donors (Lipinski definition) is 2. The van der Waals surface area contributed by atoms with Gasteiger partial charge in [-0.25, -0.2) is 9.59 Å². The third-order valence-corrected chi connectivity index (χ3v) is 2.48. The Hall–Kier alpha value is -1.78. The minimum atomic E-state index is -1.02. The summed E-state index contributed by atoms with van der Waals surface area (Å²) in [7, 11) is 0.